The number of rotatable bonds is 4. The average Bonchev–Trinajstić information content (AvgIpc) is 2.47. The van der Waals surface area contributed by atoms with Crippen molar-refractivity contribution in [3.05, 3.63) is 65.7 Å². The van der Waals surface area contributed by atoms with Crippen LogP contribution in [0.15, 0.2) is 59.5 Å². The predicted octanol–water partition coefficient (Wildman–Crippen LogP) is 5.16. The third kappa shape index (κ3) is 3.65. The Morgan fingerprint density at radius 2 is 1.27 bits per heavy atom. The summed E-state index contributed by atoms with van der Waals surface area (Å²) in [6, 6.07) is 12.8. The molecule has 0 aromatic heterocycles. The molecule has 0 fully saturated rings. The van der Waals surface area contributed by atoms with Crippen molar-refractivity contribution in [1.29, 1.82) is 0 Å². The van der Waals surface area contributed by atoms with Crippen LogP contribution >= 0.6 is 11.8 Å². The van der Waals surface area contributed by atoms with Crippen LogP contribution in [0.1, 0.15) is 15.9 Å². The molecule has 0 aliphatic carbocycles. The summed E-state index contributed by atoms with van der Waals surface area (Å²) in [5, 5.41) is -4.88. The molecule has 0 aliphatic heterocycles. The number of benzene rings is 2. The highest BCUT2D eigenvalue weighted by molar-refractivity contribution is 8.00. The van der Waals surface area contributed by atoms with E-state index in [4.69, 9.17) is 0 Å². The Morgan fingerprint density at radius 1 is 0.773 bits per heavy atom. The van der Waals surface area contributed by atoms with Gasteiger partial charge in [-0.3, -0.25) is 4.79 Å². The highest BCUT2D eigenvalue weighted by atomic mass is 32.2. The number of ketones is 1. The van der Waals surface area contributed by atoms with Gasteiger partial charge in [0.15, 0.2) is 5.78 Å². The summed E-state index contributed by atoms with van der Waals surface area (Å²) in [5.74, 6) is -0.334. The number of thioether (sulfide) groups is 1. The van der Waals surface area contributed by atoms with Crippen LogP contribution in [0.25, 0.3) is 0 Å². The third-order valence-electron chi connectivity index (χ3n) is 2.73. The molecular weight excluding hydrogens is 323 g/mol. The summed E-state index contributed by atoms with van der Waals surface area (Å²) in [4.78, 5) is 11.8. The van der Waals surface area contributed by atoms with Crippen molar-refractivity contribution in [1.82, 2.24) is 0 Å². The van der Waals surface area contributed by atoms with E-state index in [0.717, 1.165) is 12.1 Å². The first kappa shape index (κ1) is 16.5. The van der Waals surface area contributed by atoms with Crippen LogP contribution in [-0.2, 0) is 0 Å². The molecule has 22 heavy (non-hydrogen) atoms. The van der Waals surface area contributed by atoms with Gasteiger partial charge in [0.1, 0.15) is 0 Å². The molecule has 116 valence electrons. The fourth-order valence-electron chi connectivity index (χ4n) is 1.64. The lowest BCUT2D eigenvalue weighted by molar-refractivity contribution is -0.237. The molecule has 2 aromatic carbocycles. The van der Waals surface area contributed by atoms with Crippen LogP contribution < -0.4 is 0 Å². The molecule has 2 aromatic rings. The smallest absolute Gasteiger partial charge is 0.289 e. The van der Waals surface area contributed by atoms with Crippen molar-refractivity contribution in [2.75, 3.05) is 0 Å². The van der Waals surface area contributed by atoms with Crippen molar-refractivity contribution in [2.45, 2.75) is 16.3 Å². The van der Waals surface area contributed by atoms with Gasteiger partial charge in [-0.2, -0.15) is 22.0 Å². The predicted molar refractivity (Wildman–Crippen MR) is 73.2 cm³/mol. The molecule has 0 heterocycles. The first-order valence-electron chi connectivity index (χ1n) is 6.04. The van der Waals surface area contributed by atoms with E-state index >= 15 is 0 Å². The maximum Gasteiger partial charge on any atom is 0.464 e. The summed E-state index contributed by atoms with van der Waals surface area (Å²) in [6.07, 6.45) is -5.63. The Morgan fingerprint density at radius 3 is 1.77 bits per heavy atom. The molecule has 7 heteroatoms. The minimum Gasteiger partial charge on any atom is -0.289 e. The molecule has 0 saturated carbocycles. The lowest BCUT2D eigenvalue weighted by atomic mass is 10.0. The fraction of sp³-hybridized carbons (Fsp3) is 0.133. The Bertz CT molecular complexity index is 650. The number of carbonyl (C=O) groups is 1. The molecule has 0 saturated heterocycles. The lowest BCUT2D eigenvalue weighted by Crippen LogP contribution is -2.32. The maximum absolute atomic E-state index is 12.9. The van der Waals surface area contributed by atoms with Gasteiger partial charge in [-0.15, -0.1) is 0 Å². The zero-order chi connectivity index (χ0) is 16.4. The summed E-state index contributed by atoms with van der Waals surface area (Å²) in [7, 11) is 0. The van der Waals surface area contributed by atoms with E-state index in [2.05, 4.69) is 0 Å². The third-order valence-corrected chi connectivity index (χ3v) is 3.72. The second kappa shape index (κ2) is 6.08. The van der Waals surface area contributed by atoms with Crippen LogP contribution in [0.5, 0.6) is 0 Å². The number of hydrogen-bond donors (Lipinski definition) is 0. The average molecular weight is 332 g/mol. The highest BCUT2D eigenvalue weighted by Gasteiger charge is 2.58. The number of halogens is 5. The zero-order valence-electron chi connectivity index (χ0n) is 10.9. The second-order valence-corrected chi connectivity index (χ2v) is 5.52. The number of hydrogen-bond acceptors (Lipinski definition) is 2. The number of alkyl halides is 5. The van der Waals surface area contributed by atoms with Gasteiger partial charge in [0.25, 0.3) is 0 Å². The van der Waals surface area contributed by atoms with E-state index in [1.165, 1.54) is 12.1 Å². The monoisotopic (exact) mass is 332 g/mol. The summed E-state index contributed by atoms with van der Waals surface area (Å²) in [6.45, 7) is 0. The van der Waals surface area contributed by atoms with E-state index in [-0.39, 0.29) is 16.2 Å². The SMILES string of the molecule is O=C(c1ccccc1)c1ccc(SC(F)(F)C(F)(F)F)cc1. The second-order valence-electron chi connectivity index (χ2n) is 4.34. The quantitative estimate of drug-likeness (QED) is 0.437. The first-order chi connectivity index (χ1) is 10.2. The van der Waals surface area contributed by atoms with Gasteiger partial charge >= 0.3 is 11.4 Å². The van der Waals surface area contributed by atoms with E-state index in [1.807, 2.05) is 0 Å². The number of carbonyl (C=O) groups excluding carboxylic acids is 1. The highest BCUT2D eigenvalue weighted by Crippen LogP contribution is 2.47. The van der Waals surface area contributed by atoms with E-state index in [1.54, 1.807) is 30.3 Å². The zero-order valence-corrected chi connectivity index (χ0v) is 11.7. The summed E-state index contributed by atoms with van der Waals surface area (Å²) in [5.41, 5.74) is 0.620. The molecule has 0 atom stereocenters. The minimum atomic E-state index is -5.63. The van der Waals surface area contributed by atoms with Gasteiger partial charge in [0, 0.05) is 16.0 Å². The van der Waals surface area contributed by atoms with Crippen LogP contribution in [0.3, 0.4) is 0 Å². The molecule has 0 spiro atoms. The van der Waals surface area contributed by atoms with Crippen LogP contribution in [0.4, 0.5) is 22.0 Å². The van der Waals surface area contributed by atoms with E-state index in [0.29, 0.717) is 5.56 Å². The van der Waals surface area contributed by atoms with Crippen molar-refractivity contribution >= 4 is 17.5 Å². The minimum absolute atomic E-state index is 0.214. The lowest BCUT2D eigenvalue weighted by Gasteiger charge is -2.18. The van der Waals surface area contributed by atoms with Gasteiger partial charge in [-0.1, -0.05) is 30.3 Å². The molecule has 0 amide bonds. The fourth-order valence-corrected chi connectivity index (χ4v) is 2.32. The summed E-state index contributed by atoms with van der Waals surface area (Å²) < 4.78 is 62.2. The molecule has 0 bridgehead atoms. The van der Waals surface area contributed by atoms with Gasteiger partial charge in [0.05, 0.1) is 0 Å². The molecule has 2 rings (SSSR count). The standard InChI is InChI=1S/C15H9F5OS/c16-14(17,18)15(19,20)22-12-8-6-11(7-9-12)13(21)10-4-2-1-3-5-10/h1-9H. The molecule has 0 radical (unpaired) electrons. The summed E-state index contributed by atoms with van der Waals surface area (Å²) >= 11 is -0.601. The van der Waals surface area contributed by atoms with E-state index in [9.17, 15) is 26.7 Å². The maximum atomic E-state index is 12.9. The van der Waals surface area contributed by atoms with Crippen LogP contribution in [0, 0.1) is 0 Å². The van der Waals surface area contributed by atoms with Crippen molar-refractivity contribution in [3.63, 3.8) is 0 Å². The van der Waals surface area contributed by atoms with Gasteiger partial charge < -0.3 is 0 Å². The Kier molecular flexibility index (Phi) is 4.55. The molecule has 0 unspecified atom stereocenters. The van der Waals surface area contributed by atoms with Gasteiger partial charge in [-0.05, 0) is 36.0 Å². The molecular formula is C15H9F5OS. The Hall–Kier alpha value is -1.89. The Labute approximate surface area is 127 Å². The molecule has 0 N–H and O–H groups in total. The molecule has 1 nitrogen and oxygen atoms in total. The van der Waals surface area contributed by atoms with Crippen molar-refractivity contribution in [3.8, 4) is 0 Å². The van der Waals surface area contributed by atoms with Crippen molar-refractivity contribution < 1.29 is 26.7 Å². The topological polar surface area (TPSA) is 17.1 Å². The molecule has 0 aliphatic rings. The largest absolute Gasteiger partial charge is 0.464 e. The van der Waals surface area contributed by atoms with Crippen LogP contribution in [-0.4, -0.2) is 17.2 Å². The normalized spacial score (nSPS) is 12.2. The van der Waals surface area contributed by atoms with Gasteiger partial charge in [0.2, 0.25) is 0 Å². The van der Waals surface area contributed by atoms with Crippen molar-refractivity contribution in [2.24, 2.45) is 0 Å². The van der Waals surface area contributed by atoms with Gasteiger partial charge in [-0.25, -0.2) is 0 Å². The first-order valence-corrected chi connectivity index (χ1v) is 6.86. The van der Waals surface area contributed by atoms with E-state index < -0.39 is 23.2 Å². The Balaban J connectivity index is 2.16. The van der Waals surface area contributed by atoms with Crippen LogP contribution in [0.2, 0.25) is 0 Å².